The lowest BCUT2D eigenvalue weighted by molar-refractivity contribution is -0.148. The summed E-state index contributed by atoms with van der Waals surface area (Å²) in [4.78, 5) is 27.6. The third kappa shape index (κ3) is 10.8. The van der Waals surface area contributed by atoms with Crippen molar-refractivity contribution in [1.82, 2.24) is 0 Å². The lowest BCUT2D eigenvalue weighted by Crippen LogP contribution is -2.32. The van der Waals surface area contributed by atoms with E-state index in [1.54, 1.807) is 33.8 Å². The average molecular weight is 547 g/mol. The first-order valence-electron chi connectivity index (χ1n) is 13.2. The molecule has 0 aromatic heterocycles. The number of allylic oxidation sites excluding steroid dienone is 1. The van der Waals surface area contributed by atoms with Crippen LogP contribution in [0.15, 0.2) is 48.5 Å². The molecule has 39 heavy (non-hydrogen) atoms. The van der Waals surface area contributed by atoms with Gasteiger partial charge in [-0.05, 0) is 74.4 Å². The maximum Gasteiger partial charge on any atom is 0.416 e. The van der Waals surface area contributed by atoms with Crippen molar-refractivity contribution in [2.45, 2.75) is 73.6 Å². The molecule has 1 amide bonds. The lowest BCUT2D eigenvalue weighted by Gasteiger charge is -2.31. The molecular formula is C31H41F3N2O3. The summed E-state index contributed by atoms with van der Waals surface area (Å²) in [7, 11) is 0. The standard InChI is InChI=1S/C31H41F3N2O3/c1-20(2)18-36(19-21(3)4)27-13-12-24(22(5)14-29(38)39-30(6,7)8)17-26(27)35-28(37)16-23-10-9-11-25(15-23)31(32,33)34/h9-15,17,20-21H,16,18-19H2,1-8H3,(H,35,37)/b22-14+. The van der Waals surface area contributed by atoms with Gasteiger partial charge in [0.1, 0.15) is 5.60 Å². The van der Waals surface area contributed by atoms with Crippen molar-refractivity contribution in [3.05, 3.63) is 65.2 Å². The van der Waals surface area contributed by atoms with Crippen LogP contribution in [0, 0.1) is 11.8 Å². The van der Waals surface area contributed by atoms with Crippen LogP contribution in [-0.2, 0) is 26.9 Å². The predicted octanol–water partition coefficient (Wildman–Crippen LogP) is 7.75. The molecule has 0 unspecified atom stereocenters. The van der Waals surface area contributed by atoms with Crippen molar-refractivity contribution in [3.8, 4) is 0 Å². The first-order valence-corrected chi connectivity index (χ1v) is 13.2. The largest absolute Gasteiger partial charge is 0.457 e. The molecule has 0 atom stereocenters. The normalized spacial score (nSPS) is 12.6. The second-order valence-corrected chi connectivity index (χ2v) is 11.7. The fourth-order valence-corrected chi connectivity index (χ4v) is 4.14. The summed E-state index contributed by atoms with van der Waals surface area (Å²) < 4.78 is 44.9. The number of anilines is 2. The fourth-order valence-electron chi connectivity index (χ4n) is 4.14. The van der Waals surface area contributed by atoms with E-state index in [4.69, 9.17) is 4.74 Å². The number of alkyl halides is 3. The van der Waals surface area contributed by atoms with E-state index in [0.717, 1.165) is 30.9 Å². The molecule has 0 aliphatic rings. The molecule has 0 saturated carbocycles. The molecule has 1 N–H and O–H groups in total. The van der Waals surface area contributed by atoms with E-state index in [1.165, 1.54) is 18.2 Å². The number of esters is 1. The molecule has 0 spiro atoms. The van der Waals surface area contributed by atoms with Crippen molar-refractivity contribution >= 4 is 28.8 Å². The molecule has 5 nitrogen and oxygen atoms in total. The minimum atomic E-state index is -4.49. The SMILES string of the molecule is C/C(=C\C(=O)OC(C)(C)C)c1ccc(N(CC(C)C)CC(C)C)c(NC(=O)Cc2cccc(C(F)(F)F)c2)c1. The average Bonchev–Trinajstić information content (AvgIpc) is 2.76. The summed E-state index contributed by atoms with van der Waals surface area (Å²) >= 11 is 0. The van der Waals surface area contributed by atoms with Gasteiger partial charge in [0.2, 0.25) is 5.91 Å². The van der Waals surface area contributed by atoms with Gasteiger partial charge in [-0.25, -0.2) is 4.79 Å². The van der Waals surface area contributed by atoms with Crippen molar-refractivity contribution < 1.29 is 27.5 Å². The first-order chi connectivity index (χ1) is 17.9. The minimum Gasteiger partial charge on any atom is -0.457 e. The summed E-state index contributed by atoms with van der Waals surface area (Å²) in [5.41, 5.74) is 1.55. The monoisotopic (exact) mass is 546 g/mol. The number of hydrogen-bond acceptors (Lipinski definition) is 4. The van der Waals surface area contributed by atoms with E-state index in [-0.39, 0.29) is 12.0 Å². The molecular weight excluding hydrogens is 505 g/mol. The van der Waals surface area contributed by atoms with Gasteiger partial charge in [-0.2, -0.15) is 13.2 Å². The van der Waals surface area contributed by atoms with Crippen LogP contribution in [0.1, 0.15) is 72.1 Å². The molecule has 0 aliphatic carbocycles. The number of ether oxygens (including phenoxy) is 1. The van der Waals surface area contributed by atoms with E-state index in [1.807, 2.05) is 12.1 Å². The highest BCUT2D eigenvalue weighted by atomic mass is 19.4. The Morgan fingerprint density at radius 3 is 2.13 bits per heavy atom. The Kier molecular flexibility index (Phi) is 10.8. The maximum atomic E-state index is 13.2. The summed E-state index contributed by atoms with van der Waals surface area (Å²) in [5.74, 6) is -0.201. The highest BCUT2D eigenvalue weighted by Crippen LogP contribution is 2.32. The Hall–Kier alpha value is -3.29. The van der Waals surface area contributed by atoms with E-state index < -0.39 is 29.2 Å². The van der Waals surface area contributed by atoms with Crippen LogP contribution < -0.4 is 10.2 Å². The Bertz CT molecular complexity index is 1170. The summed E-state index contributed by atoms with van der Waals surface area (Å²) in [6.07, 6.45) is -3.29. The van der Waals surface area contributed by atoms with Crippen LogP contribution in [0.2, 0.25) is 0 Å². The molecule has 0 fully saturated rings. The maximum absolute atomic E-state index is 13.2. The van der Waals surface area contributed by atoms with Crippen molar-refractivity contribution in [1.29, 1.82) is 0 Å². The summed E-state index contributed by atoms with van der Waals surface area (Å²) in [5, 5.41) is 2.93. The molecule has 2 aromatic carbocycles. The zero-order valence-electron chi connectivity index (χ0n) is 24.2. The lowest BCUT2D eigenvalue weighted by atomic mass is 10.0. The van der Waals surface area contributed by atoms with E-state index in [2.05, 4.69) is 37.9 Å². The van der Waals surface area contributed by atoms with Crippen LogP contribution in [0.3, 0.4) is 0 Å². The van der Waals surface area contributed by atoms with Crippen LogP contribution in [0.25, 0.3) is 5.57 Å². The second kappa shape index (κ2) is 13.2. The second-order valence-electron chi connectivity index (χ2n) is 11.7. The molecule has 0 heterocycles. The highest BCUT2D eigenvalue weighted by molar-refractivity contribution is 5.97. The Morgan fingerprint density at radius 2 is 1.59 bits per heavy atom. The first kappa shape index (κ1) is 31.9. The van der Waals surface area contributed by atoms with Crippen LogP contribution in [0.4, 0.5) is 24.5 Å². The van der Waals surface area contributed by atoms with Gasteiger partial charge in [0.05, 0.1) is 23.4 Å². The van der Waals surface area contributed by atoms with Crippen LogP contribution in [0.5, 0.6) is 0 Å². The molecule has 0 radical (unpaired) electrons. The van der Waals surface area contributed by atoms with Gasteiger partial charge < -0.3 is 15.0 Å². The quantitative estimate of drug-likeness (QED) is 0.245. The number of benzene rings is 2. The van der Waals surface area contributed by atoms with E-state index >= 15 is 0 Å². The van der Waals surface area contributed by atoms with Gasteiger partial charge in [-0.3, -0.25) is 4.79 Å². The van der Waals surface area contributed by atoms with Crippen molar-refractivity contribution in [2.75, 3.05) is 23.3 Å². The van der Waals surface area contributed by atoms with Gasteiger partial charge in [0.15, 0.2) is 0 Å². The molecule has 2 rings (SSSR count). The predicted molar refractivity (Wildman–Crippen MR) is 152 cm³/mol. The zero-order chi connectivity index (χ0) is 29.5. The third-order valence-corrected chi connectivity index (χ3v) is 5.60. The molecule has 2 aromatic rings. The Balaban J connectivity index is 2.46. The number of hydrogen-bond donors (Lipinski definition) is 1. The number of carbonyl (C=O) groups is 2. The van der Waals surface area contributed by atoms with E-state index in [9.17, 15) is 22.8 Å². The Morgan fingerprint density at radius 1 is 0.974 bits per heavy atom. The van der Waals surface area contributed by atoms with Gasteiger partial charge in [0, 0.05) is 19.2 Å². The van der Waals surface area contributed by atoms with Gasteiger partial charge >= 0.3 is 12.1 Å². The molecule has 0 aliphatic heterocycles. The minimum absolute atomic E-state index is 0.214. The molecule has 0 saturated heterocycles. The van der Waals surface area contributed by atoms with Crippen LogP contribution in [-0.4, -0.2) is 30.6 Å². The summed E-state index contributed by atoms with van der Waals surface area (Å²) in [6, 6.07) is 10.4. The number of amides is 1. The molecule has 0 bridgehead atoms. The van der Waals surface area contributed by atoms with Crippen molar-refractivity contribution in [3.63, 3.8) is 0 Å². The highest BCUT2D eigenvalue weighted by Gasteiger charge is 2.30. The summed E-state index contributed by atoms with van der Waals surface area (Å²) in [6.45, 7) is 17.1. The number of halogens is 3. The Labute approximate surface area is 230 Å². The topological polar surface area (TPSA) is 58.6 Å². The van der Waals surface area contributed by atoms with Gasteiger partial charge in [-0.1, -0.05) is 52.0 Å². The zero-order valence-corrected chi connectivity index (χ0v) is 24.2. The number of rotatable bonds is 10. The van der Waals surface area contributed by atoms with Crippen molar-refractivity contribution in [2.24, 2.45) is 11.8 Å². The number of nitrogens with zero attached hydrogens (tertiary/aromatic N) is 1. The number of carbonyl (C=O) groups excluding carboxylic acids is 2. The molecule has 214 valence electrons. The fraction of sp³-hybridized carbons (Fsp3) is 0.484. The van der Waals surface area contributed by atoms with Crippen LogP contribution >= 0.6 is 0 Å². The molecule has 8 heteroatoms. The van der Waals surface area contributed by atoms with Gasteiger partial charge in [0.25, 0.3) is 0 Å². The van der Waals surface area contributed by atoms with Gasteiger partial charge in [-0.15, -0.1) is 0 Å². The number of nitrogens with one attached hydrogen (secondary N) is 1. The smallest absolute Gasteiger partial charge is 0.416 e. The third-order valence-electron chi connectivity index (χ3n) is 5.60. The van der Waals surface area contributed by atoms with E-state index in [0.29, 0.717) is 28.7 Å².